The molecule has 1 aromatic heterocycles. The summed E-state index contributed by atoms with van der Waals surface area (Å²) >= 11 is 0. The molecule has 5 heteroatoms. The lowest BCUT2D eigenvalue weighted by Gasteiger charge is -2.10. The highest BCUT2D eigenvalue weighted by Gasteiger charge is 2.09. The molecule has 106 valence electrons. The number of benzene rings is 1. The van der Waals surface area contributed by atoms with E-state index in [0.717, 1.165) is 17.9 Å². The molecule has 0 saturated heterocycles. The van der Waals surface area contributed by atoms with Crippen molar-refractivity contribution in [2.75, 3.05) is 13.7 Å². The lowest BCUT2D eigenvalue weighted by molar-refractivity contribution is 0.319. The predicted molar refractivity (Wildman–Crippen MR) is 77.2 cm³/mol. The fraction of sp³-hybridized carbons (Fsp3) is 0.333. The van der Waals surface area contributed by atoms with E-state index in [9.17, 15) is 0 Å². The maximum absolute atomic E-state index is 5.78. The van der Waals surface area contributed by atoms with Crippen LogP contribution in [0.1, 0.15) is 18.1 Å². The van der Waals surface area contributed by atoms with Gasteiger partial charge in [-0.05, 0) is 38.6 Å². The highest BCUT2D eigenvalue weighted by molar-refractivity contribution is 5.37. The van der Waals surface area contributed by atoms with Crippen LogP contribution < -0.4 is 14.8 Å². The molecule has 0 fully saturated rings. The van der Waals surface area contributed by atoms with Crippen LogP contribution in [0.4, 0.5) is 0 Å². The van der Waals surface area contributed by atoms with Crippen molar-refractivity contribution in [2.45, 2.75) is 20.4 Å². The summed E-state index contributed by atoms with van der Waals surface area (Å²) in [5, 5.41) is 3.11. The molecule has 0 atom stereocenters. The number of aromatic nitrogens is 2. The van der Waals surface area contributed by atoms with Gasteiger partial charge in [0, 0.05) is 6.54 Å². The average molecular weight is 273 g/mol. The van der Waals surface area contributed by atoms with Gasteiger partial charge in [0.25, 0.3) is 0 Å². The van der Waals surface area contributed by atoms with Crippen molar-refractivity contribution in [3.8, 4) is 17.5 Å². The summed E-state index contributed by atoms with van der Waals surface area (Å²) in [5.74, 6) is 1.82. The van der Waals surface area contributed by atoms with E-state index in [4.69, 9.17) is 9.47 Å². The second-order valence-corrected chi connectivity index (χ2v) is 4.32. The van der Waals surface area contributed by atoms with Crippen LogP contribution in [0.3, 0.4) is 0 Å². The van der Waals surface area contributed by atoms with Crippen LogP contribution in [0.2, 0.25) is 0 Å². The Morgan fingerprint density at radius 1 is 1.10 bits per heavy atom. The molecular formula is C15H19N3O2. The number of ether oxygens (including phenoxy) is 2. The van der Waals surface area contributed by atoms with E-state index in [0.29, 0.717) is 18.4 Å². The standard InChI is InChI=1S/C15H19N3O2/c1-4-19-14-11(2)15(18-10-17-14)20-13-7-5-12(6-8-13)9-16-3/h5-8,10,16H,4,9H2,1-3H3. The van der Waals surface area contributed by atoms with Gasteiger partial charge in [0.1, 0.15) is 12.1 Å². The Morgan fingerprint density at radius 3 is 2.45 bits per heavy atom. The topological polar surface area (TPSA) is 56.3 Å². The van der Waals surface area contributed by atoms with Gasteiger partial charge in [-0.1, -0.05) is 12.1 Å². The normalized spacial score (nSPS) is 10.3. The lowest BCUT2D eigenvalue weighted by Crippen LogP contribution is -2.04. The monoisotopic (exact) mass is 273 g/mol. The molecule has 0 aliphatic carbocycles. The molecule has 2 aromatic rings. The summed E-state index contributed by atoms with van der Waals surface area (Å²) in [4.78, 5) is 8.24. The van der Waals surface area contributed by atoms with Gasteiger partial charge in [0.05, 0.1) is 12.2 Å². The summed E-state index contributed by atoms with van der Waals surface area (Å²) < 4.78 is 11.2. The first-order valence-electron chi connectivity index (χ1n) is 6.60. The second-order valence-electron chi connectivity index (χ2n) is 4.32. The molecule has 0 unspecified atom stereocenters. The number of nitrogens with one attached hydrogen (secondary N) is 1. The van der Waals surface area contributed by atoms with Gasteiger partial charge in [-0.3, -0.25) is 0 Å². The van der Waals surface area contributed by atoms with E-state index in [-0.39, 0.29) is 0 Å². The SMILES string of the molecule is CCOc1ncnc(Oc2ccc(CNC)cc2)c1C. The first-order chi connectivity index (χ1) is 9.74. The maximum Gasteiger partial charge on any atom is 0.229 e. The van der Waals surface area contributed by atoms with Gasteiger partial charge in [-0.25, -0.2) is 9.97 Å². The highest BCUT2D eigenvalue weighted by atomic mass is 16.5. The number of hydrogen-bond acceptors (Lipinski definition) is 5. The van der Waals surface area contributed by atoms with Crippen LogP contribution in [0.25, 0.3) is 0 Å². The van der Waals surface area contributed by atoms with Gasteiger partial charge >= 0.3 is 0 Å². The smallest absolute Gasteiger partial charge is 0.229 e. The van der Waals surface area contributed by atoms with Crippen molar-refractivity contribution in [1.82, 2.24) is 15.3 Å². The Bertz CT molecular complexity index is 556. The largest absolute Gasteiger partial charge is 0.478 e. The molecule has 0 radical (unpaired) electrons. The van der Waals surface area contributed by atoms with Crippen LogP contribution in [-0.2, 0) is 6.54 Å². The molecule has 0 bridgehead atoms. The van der Waals surface area contributed by atoms with Crippen molar-refractivity contribution >= 4 is 0 Å². The predicted octanol–water partition coefficient (Wildman–Crippen LogP) is 2.70. The second kappa shape index (κ2) is 6.86. The Morgan fingerprint density at radius 2 is 1.80 bits per heavy atom. The minimum absolute atomic E-state index is 0.518. The Kier molecular flexibility index (Phi) is 4.90. The molecule has 2 rings (SSSR count). The lowest BCUT2D eigenvalue weighted by atomic mass is 10.2. The third-order valence-electron chi connectivity index (χ3n) is 2.79. The first-order valence-corrected chi connectivity index (χ1v) is 6.60. The highest BCUT2D eigenvalue weighted by Crippen LogP contribution is 2.27. The van der Waals surface area contributed by atoms with E-state index in [2.05, 4.69) is 15.3 Å². The van der Waals surface area contributed by atoms with E-state index in [1.165, 1.54) is 11.9 Å². The summed E-state index contributed by atoms with van der Waals surface area (Å²) in [6, 6.07) is 7.89. The molecule has 0 spiro atoms. The Hall–Kier alpha value is -2.14. The first kappa shape index (κ1) is 14.3. The van der Waals surface area contributed by atoms with Crippen LogP contribution >= 0.6 is 0 Å². The maximum atomic E-state index is 5.78. The number of nitrogens with zero attached hydrogens (tertiary/aromatic N) is 2. The van der Waals surface area contributed by atoms with Crippen molar-refractivity contribution in [3.05, 3.63) is 41.7 Å². The van der Waals surface area contributed by atoms with E-state index in [1.54, 1.807) is 0 Å². The summed E-state index contributed by atoms with van der Waals surface area (Å²) in [6.07, 6.45) is 1.45. The number of rotatable bonds is 6. The summed E-state index contributed by atoms with van der Waals surface area (Å²) in [6.45, 7) is 5.20. The minimum atomic E-state index is 0.518. The number of hydrogen-bond donors (Lipinski definition) is 1. The van der Waals surface area contributed by atoms with Crippen LogP contribution in [-0.4, -0.2) is 23.6 Å². The molecule has 5 nitrogen and oxygen atoms in total. The minimum Gasteiger partial charge on any atom is -0.478 e. The van der Waals surface area contributed by atoms with E-state index in [1.807, 2.05) is 45.2 Å². The fourth-order valence-corrected chi connectivity index (χ4v) is 1.80. The van der Waals surface area contributed by atoms with Gasteiger partial charge in [-0.2, -0.15) is 0 Å². The zero-order valence-electron chi connectivity index (χ0n) is 12.0. The quantitative estimate of drug-likeness (QED) is 0.877. The van der Waals surface area contributed by atoms with Gasteiger partial charge in [0.15, 0.2) is 0 Å². The third kappa shape index (κ3) is 3.45. The van der Waals surface area contributed by atoms with Crippen molar-refractivity contribution < 1.29 is 9.47 Å². The Balaban J connectivity index is 2.15. The zero-order valence-corrected chi connectivity index (χ0v) is 12.0. The molecule has 0 amide bonds. The van der Waals surface area contributed by atoms with Gasteiger partial charge in [0.2, 0.25) is 11.8 Å². The average Bonchev–Trinajstić information content (AvgIpc) is 2.46. The molecule has 1 heterocycles. The van der Waals surface area contributed by atoms with Gasteiger partial charge in [-0.15, -0.1) is 0 Å². The van der Waals surface area contributed by atoms with E-state index < -0.39 is 0 Å². The Labute approximate surface area is 119 Å². The van der Waals surface area contributed by atoms with Crippen molar-refractivity contribution in [1.29, 1.82) is 0 Å². The van der Waals surface area contributed by atoms with Crippen molar-refractivity contribution in [2.24, 2.45) is 0 Å². The van der Waals surface area contributed by atoms with Crippen LogP contribution in [0, 0.1) is 6.92 Å². The summed E-state index contributed by atoms with van der Waals surface area (Å²) in [5.41, 5.74) is 2.00. The molecule has 1 aromatic carbocycles. The molecule has 20 heavy (non-hydrogen) atoms. The molecule has 1 N–H and O–H groups in total. The van der Waals surface area contributed by atoms with Crippen molar-refractivity contribution in [3.63, 3.8) is 0 Å². The van der Waals surface area contributed by atoms with Gasteiger partial charge < -0.3 is 14.8 Å². The van der Waals surface area contributed by atoms with Crippen LogP contribution in [0.15, 0.2) is 30.6 Å². The molecular weight excluding hydrogens is 254 g/mol. The van der Waals surface area contributed by atoms with Crippen LogP contribution in [0.5, 0.6) is 17.5 Å². The molecule has 0 saturated carbocycles. The zero-order chi connectivity index (χ0) is 14.4. The van der Waals surface area contributed by atoms with E-state index >= 15 is 0 Å². The summed E-state index contributed by atoms with van der Waals surface area (Å²) in [7, 11) is 1.92. The molecule has 0 aliphatic rings. The third-order valence-corrected chi connectivity index (χ3v) is 2.79. The fourth-order valence-electron chi connectivity index (χ4n) is 1.80. The molecule has 0 aliphatic heterocycles.